The van der Waals surface area contributed by atoms with Crippen LogP contribution in [0.1, 0.15) is 41.7 Å². The molecule has 7 nitrogen and oxygen atoms in total. The molecule has 1 aliphatic heterocycles. The minimum absolute atomic E-state index is 0.0397. The lowest BCUT2D eigenvalue weighted by Gasteiger charge is -2.15. The van der Waals surface area contributed by atoms with Gasteiger partial charge >= 0.3 is 5.97 Å². The summed E-state index contributed by atoms with van der Waals surface area (Å²) in [6, 6.07) is 13.8. The monoisotopic (exact) mass is 383 g/mol. The molecule has 2 aromatic carbocycles. The van der Waals surface area contributed by atoms with E-state index in [9.17, 15) is 14.4 Å². The van der Waals surface area contributed by atoms with Gasteiger partial charge < -0.3 is 19.5 Å². The van der Waals surface area contributed by atoms with Gasteiger partial charge in [-0.1, -0.05) is 36.4 Å². The highest BCUT2D eigenvalue weighted by Crippen LogP contribution is 2.34. The first-order chi connectivity index (χ1) is 13.5. The van der Waals surface area contributed by atoms with Gasteiger partial charge in [0.1, 0.15) is 0 Å². The van der Waals surface area contributed by atoms with Crippen LogP contribution >= 0.6 is 0 Å². The van der Waals surface area contributed by atoms with Gasteiger partial charge in [-0.15, -0.1) is 0 Å². The molecule has 0 radical (unpaired) electrons. The molecular formula is C21H21NO6. The summed E-state index contributed by atoms with van der Waals surface area (Å²) in [5.41, 5.74) is 1.39. The highest BCUT2D eigenvalue weighted by Gasteiger charge is 2.17. The van der Waals surface area contributed by atoms with E-state index in [0.29, 0.717) is 17.1 Å². The van der Waals surface area contributed by atoms with Gasteiger partial charge in [-0.3, -0.25) is 14.4 Å². The molecule has 0 bridgehead atoms. The van der Waals surface area contributed by atoms with Gasteiger partial charge in [0.25, 0.3) is 5.91 Å². The molecule has 1 aliphatic rings. The van der Waals surface area contributed by atoms with Gasteiger partial charge in [-0.25, -0.2) is 0 Å². The first-order valence-electron chi connectivity index (χ1n) is 8.95. The smallest absolute Gasteiger partial charge is 0.306 e. The predicted octanol–water partition coefficient (Wildman–Crippen LogP) is 2.80. The van der Waals surface area contributed by atoms with E-state index < -0.39 is 18.5 Å². The van der Waals surface area contributed by atoms with Crippen molar-refractivity contribution >= 4 is 17.7 Å². The Morgan fingerprint density at radius 1 is 1.04 bits per heavy atom. The molecule has 0 aromatic heterocycles. The SMILES string of the molecule is CC(NC(=O)COC(=O)CCC(=O)c1ccccc1)c1ccc2c(c1)OCO2. The van der Waals surface area contributed by atoms with Crippen molar-refractivity contribution < 1.29 is 28.6 Å². The lowest BCUT2D eigenvalue weighted by Crippen LogP contribution is -2.31. The van der Waals surface area contributed by atoms with E-state index >= 15 is 0 Å². The van der Waals surface area contributed by atoms with Crippen molar-refractivity contribution in [3.05, 3.63) is 59.7 Å². The van der Waals surface area contributed by atoms with Crippen molar-refractivity contribution in [2.45, 2.75) is 25.8 Å². The Morgan fingerprint density at radius 3 is 2.57 bits per heavy atom. The van der Waals surface area contributed by atoms with Gasteiger partial charge in [0.15, 0.2) is 23.9 Å². The number of hydrogen-bond acceptors (Lipinski definition) is 6. The molecule has 1 amide bonds. The number of rotatable bonds is 8. The second kappa shape index (κ2) is 9.03. The average Bonchev–Trinajstić information content (AvgIpc) is 3.19. The third-order valence-electron chi connectivity index (χ3n) is 4.29. The minimum Gasteiger partial charge on any atom is -0.456 e. The lowest BCUT2D eigenvalue weighted by atomic mass is 10.1. The van der Waals surface area contributed by atoms with Gasteiger partial charge in [-0.2, -0.15) is 0 Å². The van der Waals surface area contributed by atoms with Crippen LogP contribution < -0.4 is 14.8 Å². The summed E-state index contributed by atoms with van der Waals surface area (Å²) in [6.45, 7) is 1.60. The molecule has 0 saturated heterocycles. The zero-order valence-corrected chi connectivity index (χ0v) is 15.5. The maximum absolute atomic E-state index is 12.0. The molecule has 146 valence electrons. The quantitative estimate of drug-likeness (QED) is 0.557. The van der Waals surface area contributed by atoms with E-state index in [0.717, 1.165) is 5.56 Å². The molecule has 28 heavy (non-hydrogen) atoms. The molecule has 1 heterocycles. The third-order valence-corrected chi connectivity index (χ3v) is 4.29. The van der Waals surface area contributed by atoms with E-state index in [2.05, 4.69) is 5.32 Å². The fourth-order valence-corrected chi connectivity index (χ4v) is 2.75. The molecule has 1 unspecified atom stereocenters. The van der Waals surface area contributed by atoms with Crippen LogP contribution in [-0.4, -0.2) is 31.1 Å². The maximum atomic E-state index is 12.0. The van der Waals surface area contributed by atoms with Crippen LogP contribution in [0.5, 0.6) is 11.5 Å². The van der Waals surface area contributed by atoms with E-state index in [4.69, 9.17) is 14.2 Å². The number of carbonyl (C=O) groups is 3. The van der Waals surface area contributed by atoms with Crippen molar-refractivity contribution in [1.29, 1.82) is 0 Å². The predicted molar refractivity (Wildman–Crippen MR) is 100 cm³/mol. The van der Waals surface area contributed by atoms with Crippen LogP contribution in [0, 0.1) is 0 Å². The Bertz CT molecular complexity index is 864. The minimum atomic E-state index is -0.588. The summed E-state index contributed by atoms with van der Waals surface area (Å²) in [4.78, 5) is 35.8. The first-order valence-corrected chi connectivity index (χ1v) is 8.95. The van der Waals surface area contributed by atoms with Crippen molar-refractivity contribution in [2.75, 3.05) is 13.4 Å². The van der Waals surface area contributed by atoms with Crippen molar-refractivity contribution in [3.63, 3.8) is 0 Å². The van der Waals surface area contributed by atoms with Gasteiger partial charge in [0.2, 0.25) is 6.79 Å². The number of ketones is 1. The fraction of sp³-hybridized carbons (Fsp3) is 0.286. The topological polar surface area (TPSA) is 90.9 Å². The molecule has 3 rings (SSSR count). The first kappa shape index (κ1) is 19.4. The number of esters is 1. The molecule has 0 spiro atoms. The Hall–Kier alpha value is -3.35. The van der Waals surface area contributed by atoms with Crippen LogP contribution in [-0.2, 0) is 14.3 Å². The average molecular weight is 383 g/mol. The summed E-state index contributed by atoms with van der Waals surface area (Å²) >= 11 is 0. The van der Waals surface area contributed by atoms with Crippen LogP contribution in [0.15, 0.2) is 48.5 Å². The number of amides is 1. The molecule has 0 saturated carbocycles. The summed E-state index contributed by atoms with van der Waals surface area (Å²) in [5, 5.41) is 2.75. The van der Waals surface area contributed by atoms with E-state index in [1.165, 1.54) is 0 Å². The summed E-state index contributed by atoms with van der Waals surface area (Å²) in [6.07, 6.45) is -0.0310. The summed E-state index contributed by atoms with van der Waals surface area (Å²) < 4.78 is 15.5. The van der Waals surface area contributed by atoms with Crippen LogP contribution in [0.25, 0.3) is 0 Å². The van der Waals surface area contributed by atoms with Crippen molar-refractivity contribution in [1.82, 2.24) is 5.32 Å². The summed E-state index contributed by atoms with van der Waals surface area (Å²) in [7, 11) is 0. The fourth-order valence-electron chi connectivity index (χ4n) is 2.75. The van der Waals surface area contributed by atoms with Crippen LogP contribution in [0.2, 0.25) is 0 Å². The molecule has 1 atom stereocenters. The molecule has 0 fully saturated rings. The van der Waals surface area contributed by atoms with E-state index in [-0.39, 0.29) is 31.5 Å². The normalized spacial score (nSPS) is 12.9. The lowest BCUT2D eigenvalue weighted by molar-refractivity contribution is -0.148. The largest absolute Gasteiger partial charge is 0.456 e. The highest BCUT2D eigenvalue weighted by molar-refractivity contribution is 5.97. The number of ether oxygens (including phenoxy) is 3. The van der Waals surface area contributed by atoms with Gasteiger partial charge in [0.05, 0.1) is 12.5 Å². The second-order valence-corrected chi connectivity index (χ2v) is 6.35. The zero-order valence-electron chi connectivity index (χ0n) is 15.5. The van der Waals surface area contributed by atoms with E-state index in [1.54, 1.807) is 36.4 Å². The van der Waals surface area contributed by atoms with Gasteiger partial charge in [-0.05, 0) is 24.6 Å². The second-order valence-electron chi connectivity index (χ2n) is 6.35. The Labute approximate surface area is 162 Å². The van der Waals surface area contributed by atoms with Crippen LogP contribution in [0.4, 0.5) is 0 Å². The van der Waals surface area contributed by atoms with E-state index in [1.807, 2.05) is 19.1 Å². The molecule has 0 aliphatic carbocycles. The third kappa shape index (κ3) is 5.09. The Kier molecular flexibility index (Phi) is 6.26. The molecule has 7 heteroatoms. The maximum Gasteiger partial charge on any atom is 0.306 e. The number of nitrogens with one attached hydrogen (secondary N) is 1. The number of Topliss-reactive ketones (excluding diaryl/α,β-unsaturated/α-hetero) is 1. The van der Waals surface area contributed by atoms with Gasteiger partial charge in [0, 0.05) is 12.0 Å². The number of benzene rings is 2. The number of carbonyl (C=O) groups excluding carboxylic acids is 3. The Balaban J connectivity index is 1.40. The summed E-state index contributed by atoms with van der Waals surface area (Å²) in [5.74, 6) is 0.149. The molecule has 1 N–H and O–H groups in total. The molecule has 2 aromatic rings. The van der Waals surface area contributed by atoms with Crippen molar-refractivity contribution in [2.24, 2.45) is 0 Å². The standard InChI is InChI=1S/C21H21NO6/c1-14(16-7-9-18-19(11-16)28-13-27-18)22-20(24)12-26-21(25)10-8-17(23)15-5-3-2-4-6-15/h2-7,9,11,14H,8,10,12-13H2,1H3,(H,22,24). The number of hydrogen-bond donors (Lipinski definition) is 1. The highest BCUT2D eigenvalue weighted by atomic mass is 16.7. The van der Waals surface area contributed by atoms with Crippen molar-refractivity contribution in [3.8, 4) is 11.5 Å². The number of fused-ring (bicyclic) bond motifs is 1. The molecular weight excluding hydrogens is 362 g/mol. The van der Waals surface area contributed by atoms with Crippen LogP contribution in [0.3, 0.4) is 0 Å². The zero-order chi connectivity index (χ0) is 19.9. The Morgan fingerprint density at radius 2 is 1.79 bits per heavy atom.